The molecule has 0 aliphatic carbocycles. The van der Waals surface area contributed by atoms with Crippen molar-refractivity contribution in [2.75, 3.05) is 11.9 Å². The third kappa shape index (κ3) is 4.28. The topological polar surface area (TPSA) is 84.2 Å². The molecule has 0 heterocycles. The fraction of sp³-hybridized carbons (Fsp3) is 0.176. The number of hydrogen-bond acceptors (Lipinski definition) is 3. The molecule has 24 heavy (non-hydrogen) atoms. The lowest BCUT2D eigenvalue weighted by molar-refractivity contribution is -0.120. The average Bonchev–Trinajstić information content (AvgIpc) is 2.52. The Hall–Kier alpha value is -2.96. The molecule has 5 nitrogen and oxygen atoms in total. The van der Waals surface area contributed by atoms with Crippen LogP contribution in [-0.4, -0.2) is 18.4 Å². The molecule has 0 fully saturated rings. The van der Waals surface area contributed by atoms with Gasteiger partial charge in [0.05, 0.1) is 18.2 Å². The second kappa shape index (κ2) is 7.54. The fourth-order valence-corrected chi connectivity index (χ4v) is 2.25. The monoisotopic (exact) mass is 333 g/mol. The van der Waals surface area contributed by atoms with Crippen molar-refractivity contribution >= 4 is 17.5 Å². The predicted molar refractivity (Wildman–Crippen MR) is 86.4 cm³/mol. The number of benzene rings is 2. The van der Waals surface area contributed by atoms with Crippen LogP contribution in [0.25, 0.3) is 0 Å². The summed E-state index contributed by atoms with van der Waals surface area (Å²) in [7, 11) is 0. The Labute approximate surface area is 137 Å². The van der Waals surface area contributed by atoms with Crippen molar-refractivity contribution in [2.24, 2.45) is 5.73 Å². The number of primary amides is 1. The summed E-state index contributed by atoms with van der Waals surface area (Å²) >= 11 is 0. The first-order chi connectivity index (χ1) is 11.4. The maximum Gasteiger partial charge on any atom is 0.250 e. The van der Waals surface area contributed by atoms with Gasteiger partial charge >= 0.3 is 0 Å². The van der Waals surface area contributed by atoms with Crippen molar-refractivity contribution in [3.05, 3.63) is 65.2 Å². The molecule has 2 aromatic rings. The van der Waals surface area contributed by atoms with Crippen LogP contribution in [0.3, 0.4) is 0 Å². The van der Waals surface area contributed by atoms with E-state index in [0.29, 0.717) is 5.69 Å². The Morgan fingerprint density at radius 1 is 1.17 bits per heavy atom. The van der Waals surface area contributed by atoms with E-state index < -0.39 is 29.5 Å². The van der Waals surface area contributed by atoms with Gasteiger partial charge < -0.3 is 16.4 Å². The molecular weight excluding hydrogens is 316 g/mol. The van der Waals surface area contributed by atoms with Gasteiger partial charge in [0.1, 0.15) is 11.6 Å². The van der Waals surface area contributed by atoms with Crippen LogP contribution in [0.1, 0.15) is 28.9 Å². The average molecular weight is 333 g/mol. The van der Waals surface area contributed by atoms with Crippen LogP contribution < -0.4 is 16.4 Å². The van der Waals surface area contributed by atoms with E-state index in [1.807, 2.05) is 0 Å². The molecular formula is C17H17F2N3O2. The van der Waals surface area contributed by atoms with Crippen LogP contribution in [0.5, 0.6) is 0 Å². The molecule has 0 radical (unpaired) electrons. The number of halogens is 2. The lowest BCUT2D eigenvalue weighted by Crippen LogP contribution is -2.32. The highest BCUT2D eigenvalue weighted by Crippen LogP contribution is 2.18. The van der Waals surface area contributed by atoms with Crippen LogP contribution >= 0.6 is 0 Å². The van der Waals surface area contributed by atoms with Crippen molar-refractivity contribution in [2.45, 2.75) is 13.0 Å². The standard InChI is InChI=1S/C17H17F2N3O2/c1-10(12-7-6-11(18)8-14(12)19)22-16(23)9-21-15-5-3-2-4-13(15)17(20)24/h2-8,10,21H,9H2,1H3,(H2,20,24)(H,22,23)/t10-/m1/s1. The number of carbonyl (C=O) groups excluding carboxylic acids is 2. The van der Waals surface area contributed by atoms with Gasteiger partial charge in [-0.2, -0.15) is 0 Å². The van der Waals surface area contributed by atoms with Crippen LogP contribution in [-0.2, 0) is 4.79 Å². The number of anilines is 1. The van der Waals surface area contributed by atoms with Gasteiger partial charge in [-0.3, -0.25) is 9.59 Å². The van der Waals surface area contributed by atoms with Gasteiger partial charge in [-0.05, 0) is 25.1 Å². The maximum absolute atomic E-state index is 13.7. The number of carbonyl (C=O) groups is 2. The molecule has 0 spiro atoms. The van der Waals surface area contributed by atoms with E-state index in [2.05, 4.69) is 10.6 Å². The minimum absolute atomic E-state index is 0.128. The van der Waals surface area contributed by atoms with Crippen molar-refractivity contribution < 1.29 is 18.4 Å². The largest absolute Gasteiger partial charge is 0.376 e. The number of hydrogen-bond donors (Lipinski definition) is 3. The molecule has 0 aliphatic heterocycles. The van der Waals surface area contributed by atoms with E-state index in [1.165, 1.54) is 6.07 Å². The third-order valence-corrected chi connectivity index (χ3v) is 3.44. The van der Waals surface area contributed by atoms with Gasteiger partial charge in [0.25, 0.3) is 5.91 Å². The smallest absolute Gasteiger partial charge is 0.250 e. The van der Waals surface area contributed by atoms with Gasteiger partial charge in [-0.15, -0.1) is 0 Å². The molecule has 126 valence electrons. The summed E-state index contributed by atoms with van der Waals surface area (Å²) in [6, 6.07) is 9.06. The van der Waals surface area contributed by atoms with E-state index in [9.17, 15) is 18.4 Å². The van der Waals surface area contributed by atoms with Crippen LogP contribution in [0.15, 0.2) is 42.5 Å². The Bertz CT molecular complexity index is 765. The predicted octanol–water partition coefficient (Wildman–Crippen LogP) is 2.35. The first-order valence-corrected chi connectivity index (χ1v) is 7.25. The Morgan fingerprint density at radius 2 is 1.88 bits per heavy atom. The van der Waals surface area contributed by atoms with Gasteiger partial charge in [-0.1, -0.05) is 18.2 Å². The molecule has 2 aromatic carbocycles. The summed E-state index contributed by atoms with van der Waals surface area (Å²) in [5, 5.41) is 5.40. The summed E-state index contributed by atoms with van der Waals surface area (Å²) in [5.74, 6) is -2.43. The summed E-state index contributed by atoms with van der Waals surface area (Å²) in [6.45, 7) is 1.46. The van der Waals surface area contributed by atoms with Gasteiger partial charge in [-0.25, -0.2) is 8.78 Å². The molecule has 0 saturated carbocycles. The van der Waals surface area contributed by atoms with E-state index in [-0.39, 0.29) is 17.7 Å². The highest BCUT2D eigenvalue weighted by atomic mass is 19.1. The second-order valence-corrected chi connectivity index (χ2v) is 5.22. The lowest BCUT2D eigenvalue weighted by atomic mass is 10.1. The maximum atomic E-state index is 13.7. The lowest BCUT2D eigenvalue weighted by Gasteiger charge is -2.16. The van der Waals surface area contributed by atoms with Crippen molar-refractivity contribution in [3.63, 3.8) is 0 Å². The fourth-order valence-electron chi connectivity index (χ4n) is 2.25. The Balaban J connectivity index is 1.97. The zero-order valence-corrected chi connectivity index (χ0v) is 13.0. The summed E-state index contributed by atoms with van der Waals surface area (Å²) in [4.78, 5) is 23.3. The zero-order valence-electron chi connectivity index (χ0n) is 13.0. The number of rotatable bonds is 6. The molecule has 2 rings (SSSR count). The molecule has 0 aromatic heterocycles. The minimum atomic E-state index is -0.727. The highest BCUT2D eigenvalue weighted by molar-refractivity contribution is 5.99. The van der Waals surface area contributed by atoms with Crippen LogP contribution in [0, 0.1) is 11.6 Å². The minimum Gasteiger partial charge on any atom is -0.376 e. The number of nitrogens with two attached hydrogens (primary N) is 1. The zero-order chi connectivity index (χ0) is 17.7. The quantitative estimate of drug-likeness (QED) is 0.759. The normalized spacial score (nSPS) is 11.6. The van der Waals surface area contributed by atoms with E-state index in [0.717, 1.165) is 12.1 Å². The molecule has 2 amide bonds. The molecule has 4 N–H and O–H groups in total. The number of amides is 2. The summed E-state index contributed by atoms with van der Waals surface area (Å²) in [6.07, 6.45) is 0. The van der Waals surface area contributed by atoms with Gasteiger partial charge in [0, 0.05) is 17.3 Å². The van der Waals surface area contributed by atoms with Crippen molar-refractivity contribution in [1.29, 1.82) is 0 Å². The van der Waals surface area contributed by atoms with E-state index >= 15 is 0 Å². The third-order valence-electron chi connectivity index (χ3n) is 3.44. The first-order valence-electron chi connectivity index (χ1n) is 7.25. The molecule has 0 unspecified atom stereocenters. The van der Waals surface area contributed by atoms with Crippen molar-refractivity contribution in [3.8, 4) is 0 Å². The summed E-state index contributed by atoms with van der Waals surface area (Å²) in [5.41, 5.74) is 6.14. The first kappa shape index (κ1) is 17.4. The molecule has 0 bridgehead atoms. The van der Waals surface area contributed by atoms with Crippen molar-refractivity contribution in [1.82, 2.24) is 5.32 Å². The number of nitrogens with one attached hydrogen (secondary N) is 2. The number of para-hydroxylation sites is 1. The van der Waals surface area contributed by atoms with Crippen LogP contribution in [0.2, 0.25) is 0 Å². The summed E-state index contributed by atoms with van der Waals surface area (Å²) < 4.78 is 26.6. The Morgan fingerprint density at radius 3 is 2.54 bits per heavy atom. The molecule has 7 heteroatoms. The Kier molecular flexibility index (Phi) is 5.47. The molecule has 0 saturated heterocycles. The SMILES string of the molecule is C[C@@H](NC(=O)CNc1ccccc1C(N)=O)c1ccc(F)cc1F. The van der Waals surface area contributed by atoms with E-state index in [1.54, 1.807) is 31.2 Å². The molecule has 1 atom stereocenters. The van der Waals surface area contributed by atoms with Crippen LogP contribution in [0.4, 0.5) is 14.5 Å². The second-order valence-electron chi connectivity index (χ2n) is 5.22. The van der Waals surface area contributed by atoms with E-state index in [4.69, 9.17) is 5.73 Å². The molecule has 0 aliphatic rings. The van der Waals surface area contributed by atoms with Gasteiger partial charge in [0.15, 0.2) is 0 Å². The highest BCUT2D eigenvalue weighted by Gasteiger charge is 2.15. The van der Waals surface area contributed by atoms with Gasteiger partial charge in [0.2, 0.25) is 5.91 Å².